The molecule has 0 amide bonds. The quantitative estimate of drug-likeness (QED) is 0.325. The van der Waals surface area contributed by atoms with Crippen molar-refractivity contribution in [3.05, 3.63) is 0 Å². The van der Waals surface area contributed by atoms with Crippen molar-refractivity contribution < 1.29 is 19.4 Å². The molecular formula is C19H36O4. The van der Waals surface area contributed by atoms with E-state index in [1.165, 1.54) is 25.7 Å². The van der Waals surface area contributed by atoms with Gasteiger partial charge in [-0.2, -0.15) is 0 Å². The fraction of sp³-hybridized carbons (Fsp3) is 0.895. The summed E-state index contributed by atoms with van der Waals surface area (Å²) >= 11 is 0. The Morgan fingerprint density at radius 3 is 2.00 bits per heavy atom. The van der Waals surface area contributed by atoms with Crippen molar-refractivity contribution in [2.75, 3.05) is 0 Å². The molecule has 0 fully saturated rings. The highest BCUT2D eigenvalue weighted by Gasteiger charge is 2.21. The molecule has 0 spiro atoms. The summed E-state index contributed by atoms with van der Waals surface area (Å²) in [5.74, 6) is -0.666. The lowest BCUT2D eigenvalue weighted by molar-refractivity contribution is -0.164. The van der Waals surface area contributed by atoms with E-state index < -0.39 is 12.1 Å². The first-order valence-corrected chi connectivity index (χ1v) is 9.39. The zero-order valence-electron chi connectivity index (χ0n) is 15.3. The van der Waals surface area contributed by atoms with Crippen LogP contribution in [0.3, 0.4) is 0 Å². The molecular weight excluding hydrogens is 292 g/mol. The number of aliphatic carboxylic acids is 1. The van der Waals surface area contributed by atoms with E-state index in [-0.39, 0.29) is 5.97 Å². The van der Waals surface area contributed by atoms with Crippen LogP contribution in [0, 0.1) is 5.92 Å². The number of carbonyl (C=O) groups is 2. The molecule has 0 rings (SSSR count). The molecule has 0 aliphatic carbocycles. The van der Waals surface area contributed by atoms with Crippen LogP contribution in [-0.2, 0) is 14.3 Å². The lowest BCUT2D eigenvalue weighted by atomic mass is 10.0. The smallest absolute Gasteiger partial charge is 0.345 e. The minimum atomic E-state index is -1.02. The van der Waals surface area contributed by atoms with Gasteiger partial charge in [-0.3, -0.25) is 4.79 Å². The van der Waals surface area contributed by atoms with Crippen LogP contribution in [0.1, 0.15) is 97.8 Å². The van der Waals surface area contributed by atoms with Gasteiger partial charge in [0.05, 0.1) is 0 Å². The molecule has 0 radical (unpaired) electrons. The van der Waals surface area contributed by atoms with Crippen molar-refractivity contribution in [3.8, 4) is 0 Å². The van der Waals surface area contributed by atoms with Gasteiger partial charge in [-0.05, 0) is 25.2 Å². The summed E-state index contributed by atoms with van der Waals surface area (Å²) in [4.78, 5) is 22.9. The first-order valence-electron chi connectivity index (χ1n) is 9.39. The summed E-state index contributed by atoms with van der Waals surface area (Å²) in [7, 11) is 0. The van der Waals surface area contributed by atoms with E-state index >= 15 is 0 Å². The number of unbranched alkanes of at least 4 members (excludes halogenated alkanes) is 7. The van der Waals surface area contributed by atoms with Gasteiger partial charge in [0, 0.05) is 6.42 Å². The summed E-state index contributed by atoms with van der Waals surface area (Å²) in [6, 6.07) is 0. The van der Waals surface area contributed by atoms with Crippen molar-refractivity contribution in [1.82, 2.24) is 0 Å². The highest BCUT2D eigenvalue weighted by atomic mass is 16.6. The van der Waals surface area contributed by atoms with Gasteiger partial charge in [0.25, 0.3) is 0 Å². The number of carboxylic acid groups (broad SMARTS) is 1. The molecule has 0 aromatic heterocycles. The lowest BCUT2D eigenvalue weighted by Crippen LogP contribution is -2.27. The normalized spacial score (nSPS) is 12.3. The Morgan fingerprint density at radius 1 is 0.870 bits per heavy atom. The maximum atomic E-state index is 11.7. The second kappa shape index (κ2) is 14.5. The number of carbonyl (C=O) groups excluding carboxylic acids is 1. The van der Waals surface area contributed by atoms with E-state index in [4.69, 9.17) is 9.84 Å². The maximum absolute atomic E-state index is 11.7. The van der Waals surface area contributed by atoms with Crippen LogP contribution in [0.4, 0.5) is 0 Å². The molecule has 0 aliphatic heterocycles. The van der Waals surface area contributed by atoms with Gasteiger partial charge in [-0.1, -0.05) is 72.1 Å². The van der Waals surface area contributed by atoms with Gasteiger partial charge in [0.2, 0.25) is 0 Å². The van der Waals surface area contributed by atoms with Crippen LogP contribution >= 0.6 is 0 Å². The van der Waals surface area contributed by atoms with Gasteiger partial charge < -0.3 is 9.84 Å². The molecule has 1 atom stereocenters. The molecule has 0 aromatic carbocycles. The summed E-state index contributed by atoms with van der Waals surface area (Å²) in [6.45, 7) is 6.57. The van der Waals surface area contributed by atoms with Crippen LogP contribution in [0.15, 0.2) is 0 Å². The molecule has 0 heterocycles. The minimum Gasteiger partial charge on any atom is -0.479 e. The summed E-state index contributed by atoms with van der Waals surface area (Å²) < 4.78 is 5.12. The molecule has 1 N–H and O–H groups in total. The highest BCUT2D eigenvalue weighted by Crippen LogP contribution is 2.14. The molecule has 1 unspecified atom stereocenters. The molecule has 4 nitrogen and oxygen atoms in total. The van der Waals surface area contributed by atoms with Gasteiger partial charge in [-0.25, -0.2) is 4.79 Å². The van der Waals surface area contributed by atoms with Gasteiger partial charge in [0.15, 0.2) is 6.10 Å². The van der Waals surface area contributed by atoms with Gasteiger partial charge in [0.1, 0.15) is 0 Å². The molecule has 0 saturated carbocycles. The Balaban J connectivity index is 3.80. The van der Waals surface area contributed by atoms with Gasteiger partial charge in [-0.15, -0.1) is 0 Å². The van der Waals surface area contributed by atoms with E-state index in [9.17, 15) is 9.59 Å². The maximum Gasteiger partial charge on any atom is 0.345 e. The number of hydrogen-bond acceptors (Lipinski definition) is 3. The Kier molecular flexibility index (Phi) is 13.9. The number of ether oxygens (including phenoxy) is 1. The Bertz CT molecular complexity index is 312. The average Bonchev–Trinajstić information content (AvgIpc) is 2.48. The van der Waals surface area contributed by atoms with Crippen LogP contribution in [0.25, 0.3) is 0 Å². The molecule has 0 saturated heterocycles. The average molecular weight is 328 g/mol. The second-order valence-corrected chi connectivity index (χ2v) is 6.87. The zero-order valence-corrected chi connectivity index (χ0v) is 15.3. The molecule has 0 bridgehead atoms. The van der Waals surface area contributed by atoms with Crippen molar-refractivity contribution in [2.24, 2.45) is 5.92 Å². The number of hydrogen-bond donors (Lipinski definition) is 1. The standard InChI is InChI=1S/C19H36O4/c1-4-5-6-7-12-15-18(20)23-17(19(21)22)14-11-9-8-10-13-16(2)3/h16-17H,4-15H2,1-3H3,(H,21,22). The molecule has 23 heavy (non-hydrogen) atoms. The molecule has 4 heteroatoms. The van der Waals surface area contributed by atoms with Crippen molar-refractivity contribution in [2.45, 2.75) is 104 Å². The second-order valence-electron chi connectivity index (χ2n) is 6.87. The van der Waals surface area contributed by atoms with E-state index in [0.29, 0.717) is 12.8 Å². The lowest BCUT2D eigenvalue weighted by Gasteiger charge is -2.14. The largest absolute Gasteiger partial charge is 0.479 e. The monoisotopic (exact) mass is 328 g/mol. The fourth-order valence-corrected chi connectivity index (χ4v) is 2.56. The van der Waals surface area contributed by atoms with Crippen molar-refractivity contribution >= 4 is 11.9 Å². The topological polar surface area (TPSA) is 63.6 Å². The summed E-state index contributed by atoms with van der Waals surface area (Å²) in [5, 5.41) is 9.16. The predicted octanol–water partition coefficient (Wildman–Crippen LogP) is 5.34. The van der Waals surface area contributed by atoms with Crippen LogP contribution in [0.5, 0.6) is 0 Å². The summed E-state index contributed by atoms with van der Waals surface area (Å²) in [6.07, 6.45) is 10.4. The van der Waals surface area contributed by atoms with E-state index in [1.54, 1.807) is 0 Å². The third-order valence-corrected chi connectivity index (χ3v) is 4.03. The van der Waals surface area contributed by atoms with Crippen LogP contribution in [0.2, 0.25) is 0 Å². The predicted molar refractivity (Wildman–Crippen MR) is 93.4 cm³/mol. The SMILES string of the molecule is CCCCCCCC(=O)OC(CCCCCCC(C)C)C(=O)O. The van der Waals surface area contributed by atoms with Crippen LogP contribution < -0.4 is 0 Å². The van der Waals surface area contributed by atoms with Crippen molar-refractivity contribution in [1.29, 1.82) is 0 Å². The van der Waals surface area contributed by atoms with Crippen LogP contribution in [-0.4, -0.2) is 23.1 Å². The first kappa shape index (κ1) is 21.9. The van der Waals surface area contributed by atoms with E-state index in [1.807, 2.05) is 0 Å². The third kappa shape index (κ3) is 14.3. The zero-order chi connectivity index (χ0) is 17.5. The fourth-order valence-electron chi connectivity index (χ4n) is 2.56. The van der Waals surface area contributed by atoms with Crippen molar-refractivity contribution in [3.63, 3.8) is 0 Å². The van der Waals surface area contributed by atoms with E-state index in [2.05, 4.69) is 20.8 Å². The number of rotatable bonds is 15. The first-order chi connectivity index (χ1) is 11.0. The molecule has 0 aliphatic rings. The Morgan fingerprint density at radius 2 is 1.43 bits per heavy atom. The van der Waals surface area contributed by atoms with Gasteiger partial charge >= 0.3 is 11.9 Å². The number of esters is 1. The summed E-state index contributed by atoms with van der Waals surface area (Å²) in [5.41, 5.74) is 0. The highest BCUT2D eigenvalue weighted by molar-refractivity contribution is 5.77. The number of carboxylic acids is 1. The Labute approximate surface area is 142 Å². The Hall–Kier alpha value is -1.06. The van der Waals surface area contributed by atoms with E-state index in [0.717, 1.165) is 44.4 Å². The third-order valence-electron chi connectivity index (χ3n) is 4.03. The minimum absolute atomic E-state index is 0.335. The molecule has 136 valence electrons. The molecule has 0 aromatic rings.